The van der Waals surface area contributed by atoms with E-state index in [2.05, 4.69) is 22.0 Å². The first-order valence-corrected chi connectivity index (χ1v) is 7.01. The Kier molecular flexibility index (Phi) is 4.58. The molecular weight excluding hydrogens is 242 g/mol. The first kappa shape index (κ1) is 14.1. The lowest BCUT2D eigenvalue weighted by Gasteiger charge is -2.31. The van der Waals surface area contributed by atoms with Gasteiger partial charge in [0.25, 0.3) is 0 Å². The van der Waals surface area contributed by atoms with E-state index < -0.39 is 5.97 Å². The molecule has 1 fully saturated rings. The summed E-state index contributed by atoms with van der Waals surface area (Å²) in [5.74, 6) is -0.0917. The number of hydrogen-bond donors (Lipinski definition) is 2. The minimum Gasteiger partial charge on any atom is -0.481 e. The summed E-state index contributed by atoms with van der Waals surface area (Å²) in [5.41, 5.74) is 3.56. The molecule has 0 bridgehead atoms. The summed E-state index contributed by atoms with van der Waals surface area (Å²) in [6, 6.07) is 0. The lowest BCUT2D eigenvalue weighted by molar-refractivity contribution is -0.137. The maximum Gasteiger partial charge on any atom is 0.303 e. The molecule has 106 valence electrons. The van der Waals surface area contributed by atoms with Crippen molar-refractivity contribution in [1.29, 1.82) is 0 Å². The van der Waals surface area contributed by atoms with E-state index in [9.17, 15) is 4.79 Å². The van der Waals surface area contributed by atoms with Gasteiger partial charge >= 0.3 is 5.97 Å². The van der Waals surface area contributed by atoms with Crippen LogP contribution in [0.15, 0.2) is 0 Å². The Morgan fingerprint density at radius 2 is 2.11 bits per heavy atom. The summed E-state index contributed by atoms with van der Waals surface area (Å²) in [7, 11) is 0. The molecule has 0 spiro atoms. The van der Waals surface area contributed by atoms with Gasteiger partial charge in [0.1, 0.15) is 0 Å². The van der Waals surface area contributed by atoms with Gasteiger partial charge in [0.2, 0.25) is 0 Å². The summed E-state index contributed by atoms with van der Waals surface area (Å²) in [4.78, 5) is 13.0. The van der Waals surface area contributed by atoms with Gasteiger partial charge in [0.15, 0.2) is 0 Å². The number of nitrogens with one attached hydrogen (secondary N) is 1. The second-order valence-corrected chi connectivity index (χ2v) is 5.56. The maximum absolute atomic E-state index is 10.6. The van der Waals surface area contributed by atoms with Crippen molar-refractivity contribution in [1.82, 2.24) is 15.1 Å². The zero-order chi connectivity index (χ0) is 13.8. The summed E-state index contributed by atoms with van der Waals surface area (Å²) in [5, 5.41) is 16.0. The quantitative estimate of drug-likeness (QED) is 0.855. The molecule has 19 heavy (non-hydrogen) atoms. The van der Waals surface area contributed by atoms with E-state index in [1.807, 2.05) is 6.92 Å². The van der Waals surface area contributed by atoms with E-state index in [0.717, 1.165) is 50.3 Å². The van der Waals surface area contributed by atoms with Crippen LogP contribution >= 0.6 is 0 Å². The third-order valence-corrected chi connectivity index (χ3v) is 4.14. The zero-order valence-electron chi connectivity index (χ0n) is 11.8. The number of aromatic amines is 1. The smallest absolute Gasteiger partial charge is 0.303 e. The van der Waals surface area contributed by atoms with Gasteiger partial charge in [-0.1, -0.05) is 0 Å². The summed E-state index contributed by atoms with van der Waals surface area (Å²) in [6.45, 7) is 7.19. The van der Waals surface area contributed by atoms with E-state index in [1.165, 1.54) is 5.56 Å². The van der Waals surface area contributed by atoms with E-state index in [-0.39, 0.29) is 0 Å². The summed E-state index contributed by atoms with van der Waals surface area (Å²) >= 11 is 0. The molecular formula is C14H23N3O2. The van der Waals surface area contributed by atoms with Crippen molar-refractivity contribution in [3.05, 3.63) is 17.0 Å². The number of carbonyl (C=O) groups is 1. The van der Waals surface area contributed by atoms with Gasteiger partial charge in [-0.3, -0.25) is 14.8 Å². The number of rotatable bonds is 5. The minimum absolute atomic E-state index is 0.310. The van der Waals surface area contributed by atoms with Crippen molar-refractivity contribution in [3.8, 4) is 0 Å². The Morgan fingerprint density at radius 1 is 1.42 bits per heavy atom. The number of likely N-dealkylation sites (tertiary alicyclic amines) is 1. The van der Waals surface area contributed by atoms with Crippen LogP contribution in [-0.4, -0.2) is 39.3 Å². The minimum atomic E-state index is -0.674. The fourth-order valence-electron chi connectivity index (χ4n) is 2.79. The topological polar surface area (TPSA) is 69.2 Å². The van der Waals surface area contributed by atoms with E-state index in [4.69, 9.17) is 5.11 Å². The number of piperidine rings is 1. The number of aromatic nitrogens is 2. The molecule has 1 aromatic rings. The Labute approximate surface area is 114 Å². The predicted octanol–water partition coefficient (Wildman–Crippen LogP) is 2.10. The van der Waals surface area contributed by atoms with Crippen LogP contribution in [0.1, 0.15) is 42.6 Å². The second-order valence-electron chi connectivity index (χ2n) is 5.56. The van der Waals surface area contributed by atoms with Crippen LogP contribution in [0.4, 0.5) is 0 Å². The molecule has 2 rings (SSSR count). The summed E-state index contributed by atoms with van der Waals surface area (Å²) in [6.07, 6.45) is 3.37. The van der Waals surface area contributed by atoms with Crippen LogP contribution < -0.4 is 0 Å². The van der Waals surface area contributed by atoms with Gasteiger partial charge in [-0.05, 0) is 52.1 Å². The number of carboxylic acid groups (broad SMARTS) is 1. The first-order chi connectivity index (χ1) is 9.06. The molecule has 1 aliphatic heterocycles. The van der Waals surface area contributed by atoms with Crippen molar-refractivity contribution in [3.63, 3.8) is 0 Å². The molecule has 2 heterocycles. The molecule has 1 aromatic heterocycles. The monoisotopic (exact) mass is 265 g/mol. The molecule has 0 aromatic carbocycles. The Balaban J connectivity index is 1.79. The molecule has 5 heteroatoms. The SMILES string of the molecule is Cc1n[nH]c(C)c1CN1CCC(CCC(=O)O)CC1. The Morgan fingerprint density at radius 3 is 2.63 bits per heavy atom. The Bertz CT molecular complexity index is 414. The molecule has 0 atom stereocenters. The largest absolute Gasteiger partial charge is 0.481 e. The number of aliphatic carboxylic acids is 1. The molecule has 5 nitrogen and oxygen atoms in total. The van der Waals surface area contributed by atoms with Crippen molar-refractivity contribution in [2.45, 2.75) is 46.1 Å². The van der Waals surface area contributed by atoms with E-state index in [0.29, 0.717) is 12.3 Å². The second kappa shape index (κ2) is 6.19. The highest BCUT2D eigenvalue weighted by molar-refractivity contribution is 5.66. The van der Waals surface area contributed by atoms with Crippen LogP contribution in [0.5, 0.6) is 0 Å². The lowest BCUT2D eigenvalue weighted by Crippen LogP contribution is -2.33. The van der Waals surface area contributed by atoms with Gasteiger partial charge in [-0.2, -0.15) is 5.10 Å². The molecule has 0 aliphatic carbocycles. The van der Waals surface area contributed by atoms with Gasteiger partial charge in [-0.25, -0.2) is 0 Å². The highest BCUT2D eigenvalue weighted by Gasteiger charge is 2.21. The number of hydrogen-bond acceptors (Lipinski definition) is 3. The fraction of sp³-hybridized carbons (Fsp3) is 0.714. The summed E-state index contributed by atoms with van der Waals surface area (Å²) < 4.78 is 0. The lowest BCUT2D eigenvalue weighted by atomic mass is 9.92. The van der Waals surface area contributed by atoms with Crippen LogP contribution in [-0.2, 0) is 11.3 Å². The Hall–Kier alpha value is -1.36. The van der Waals surface area contributed by atoms with Crippen LogP contribution in [0.2, 0.25) is 0 Å². The molecule has 0 saturated carbocycles. The molecule has 1 saturated heterocycles. The van der Waals surface area contributed by atoms with E-state index in [1.54, 1.807) is 0 Å². The average Bonchev–Trinajstić information content (AvgIpc) is 2.70. The highest BCUT2D eigenvalue weighted by atomic mass is 16.4. The molecule has 2 N–H and O–H groups in total. The van der Waals surface area contributed by atoms with E-state index >= 15 is 0 Å². The van der Waals surface area contributed by atoms with Crippen LogP contribution in [0.3, 0.4) is 0 Å². The van der Waals surface area contributed by atoms with Crippen molar-refractivity contribution in [2.24, 2.45) is 5.92 Å². The molecule has 0 unspecified atom stereocenters. The van der Waals surface area contributed by atoms with Crippen molar-refractivity contribution in [2.75, 3.05) is 13.1 Å². The zero-order valence-corrected chi connectivity index (χ0v) is 11.8. The fourth-order valence-corrected chi connectivity index (χ4v) is 2.79. The molecule has 0 radical (unpaired) electrons. The third kappa shape index (κ3) is 3.80. The third-order valence-electron chi connectivity index (χ3n) is 4.14. The molecule has 0 amide bonds. The van der Waals surface area contributed by atoms with Gasteiger partial charge in [-0.15, -0.1) is 0 Å². The van der Waals surface area contributed by atoms with Crippen LogP contribution in [0, 0.1) is 19.8 Å². The van der Waals surface area contributed by atoms with Gasteiger partial charge in [0, 0.05) is 24.2 Å². The predicted molar refractivity (Wildman–Crippen MR) is 72.9 cm³/mol. The standard InChI is InChI=1S/C14H23N3O2/c1-10-13(11(2)16-15-10)9-17-7-5-12(6-8-17)3-4-14(18)19/h12H,3-9H2,1-2H3,(H,15,16)(H,18,19). The number of nitrogens with zero attached hydrogens (tertiary/aromatic N) is 2. The molecule has 1 aliphatic rings. The van der Waals surface area contributed by atoms with Gasteiger partial charge in [0.05, 0.1) is 5.69 Å². The maximum atomic E-state index is 10.6. The first-order valence-electron chi connectivity index (χ1n) is 7.01. The van der Waals surface area contributed by atoms with Gasteiger partial charge < -0.3 is 5.11 Å². The number of carboxylic acids is 1. The van der Waals surface area contributed by atoms with Crippen LogP contribution in [0.25, 0.3) is 0 Å². The van der Waals surface area contributed by atoms with Crippen molar-refractivity contribution >= 4 is 5.97 Å². The number of aryl methyl sites for hydroxylation is 2. The number of H-pyrrole nitrogens is 1. The van der Waals surface area contributed by atoms with Crippen molar-refractivity contribution < 1.29 is 9.90 Å². The highest BCUT2D eigenvalue weighted by Crippen LogP contribution is 2.24. The average molecular weight is 265 g/mol. The normalized spacial score (nSPS) is 17.8.